The van der Waals surface area contributed by atoms with Crippen LogP contribution in [0.1, 0.15) is 31.4 Å². The van der Waals surface area contributed by atoms with E-state index in [1.54, 1.807) is 11.9 Å². The van der Waals surface area contributed by atoms with Crippen molar-refractivity contribution in [2.45, 2.75) is 31.9 Å². The molecule has 2 atom stereocenters. The number of carbonyl (C=O) groups is 1. The second kappa shape index (κ2) is 7.15. The molecule has 4 nitrogen and oxygen atoms in total. The van der Waals surface area contributed by atoms with Crippen LogP contribution in [0.15, 0.2) is 18.2 Å². The Morgan fingerprint density at radius 1 is 1.41 bits per heavy atom. The van der Waals surface area contributed by atoms with Gasteiger partial charge in [0.25, 0.3) is 0 Å². The Kier molecular flexibility index (Phi) is 5.47. The standard InChI is InChI=1S/C16H22F2N2O2/c1-3-19(2)16(22)6-7-20-10-12(21)9-15(20)11-4-5-13(17)14(18)8-11/h4-5,8,12,15,21H,3,6-7,9-10H2,1-2H3/t12-,15-/m1/s1. The fraction of sp³-hybridized carbons (Fsp3) is 0.562. The van der Waals surface area contributed by atoms with Gasteiger partial charge in [-0.2, -0.15) is 0 Å². The maximum Gasteiger partial charge on any atom is 0.223 e. The van der Waals surface area contributed by atoms with Crippen molar-refractivity contribution in [1.29, 1.82) is 0 Å². The van der Waals surface area contributed by atoms with Crippen molar-refractivity contribution in [2.75, 3.05) is 26.7 Å². The van der Waals surface area contributed by atoms with Crippen LogP contribution in [-0.4, -0.2) is 53.6 Å². The molecule has 1 aliphatic heterocycles. The van der Waals surface area contributed by atoms with Crippen molar-refractivity contribution >= 4 is 5.91 Å². The molecule has 1 N–H and O–H groups in total. The highest BCUT2D eigenvalue weighted by Gasteiger charge is 2.32. The van der Waals surface area contributed by atoms with Crippen LogP contribution in [-0.2, 0) is 4.79 Å². The summed E-state index contributed by atoms with van der Waals surface area (Å²) >= 11 is 0. The number of rotatable bonds is 5. The second-order valence-electron chi connectivity index (χ2n) is 5.73. The molecule has 1 saturated heterocycles. The number of carbonyl (C=O) groups excluding carboxylic acids is 1. The lowest BCUT2D eigenvalue weighted by molar-refractivity contribution is -0.130. The van der Waals surface area contributed by atoms with Crippen LogP contribution in [0.3, 0.4) is 0 Å². The highest BCUT2D eigenvalue weighted by Crippen LogP contribution is 2.32. The number of amides is 1. The first-order chi connectivity index (χ1) is 10.4. The van der Waals surface area contributed by atoms with E-state index in [4.69, 9.17) is 0 Å². The van der Waals surface area contributed by atoms with E-state index in [2.05, 4.69) is 0 Å². The lowest BCUT2D eigenvalue weighted by atomic mass is 10.0. The van der Waals surface area contributed by atoms with Crippen molar-refractivity contribution in [2.24, 2.45) is 0 Å². The maximum absolute atomic E-state index is 13.4. The van der Waals surface area contributed by atoms with Gasteiger partial charge in [0.1, 0.15) is 0 Å². The molecule has 0 aromatic heterocycles. The molecular weight excluding hydrogens is 290 g/mol. The summed E-state index contributed by atoms with van der Waals surface area (Å²) in [6.45, 7) is 3.48. The molecule has 0 aliphatic carbocycles. The summed E-state index contributed by atoms with van der Waals surface area (Å²) in [6.07, 6.45) is 0.289. The average Bonchev–Trinajstić information content (AvgIpc) is 2.87. The molecule has 1 fully saturated rings. The van der Waals surface area contributed by atoms with Gasteiger partial charge in [-0.05, 0) is 31.0 Å². The number of aliphatic hydroxyl groups is 1. The number of β-amino-alcohol motifs (C(OH)–C–C–N with tert-alkyl or cyclic N) is 1. The minimum atomic E-state index is -0.888. The van der Waals surface area contributed by atoms with Gasteiger partial charge in [-0.1, -0.05) is 6.07 Å². The van der Waals surface area contributed by atoms with E-state index < -0.39 is 17.7 Å². The Bertz CT molecular complexity index is 539. The molecule has 0 bridgehead atoms. The van der Waals surface area contributed by atoms with Gasteiger partial charge < -0.3 is 10.0 Å². The minimum absolute atomic E-state index is 0.0351. The van der Waals surface area contributed by atoms with E-state index in [1.165, 1.54) is 12.1 Å². The molecule has 1 amide bonds. The van der Waals surface area contributed by atoms with Crippen molar-refractivity contribution < 1.29 is 18.7 Å². The third kappa shape index (κ3) is 3.81. The monoisotopic (exact) mass is 312 g/mol. The minimum Gasteiger partial charge on any atom is -0.392 e. The Hall–Kier alpha value is -1.53. The topological polar surface area (TPSA) is 43.8 Å². The predicted molar refractivity (Wildman–Crippen MR) is 79.2 cm³/mol. The first kappa shape index (κ1) is 16.8. The van der Waals surface area contributed by atoms with Crippen LogP contribution in [0.5, 0.6) is 0 Å². The van der Waals surface area contributed by atoms with Crippen LogP contribution in [0.2, 0.25) is 0 Å². The lowest BCUT2D eigenvalue weighted by Gasteiger charge is -2.25. The average molecular weight is 312 g/mol. The lowest BCUT2D eigenvalue weighted by Crippen LogP contribution is -2.32. The zero-order valence-corrected chi connectivity index (χ0v) is 12.9. The zero-order chi connectivity index (χ0) is 16.3. The molecule has 1 aromatic rings. The van der Waals surface area contributed by atoms with Crippen LogP contribution >= 0.6 is 0 Å². The largest absolute Gasteiger partial charge is 0.392 e. The Morgan fingerprint density at radius 3 is 2.77 bits per heavy atom. The molecule has 0 spiro atoms. The Labute approximate surface area is 129 Å². The van der Waals surface area contributed by atoms with Crippen LogP contribution in [0, 0.1) is 11.6 Å². The van der Waals surface area contributed by atoms with Crippen molar-refractivity contribution in [3.05, 3.63) is 35.4 Å². The smallest absolute Gasteiger partial charge is 0.223 e. The summed E-state index contributed by atoms with van der Waals surface area (Å²) in [5.41, 5.74) is 0.631. The SMILES string of the molecule is CCN(C)C(=O)CCN1C[C@H](O)C[C@@H]1c1ccc(F)c(F)c1. The summed E-state index contributed by atoms with van der Waals surface area (Å²) in [7, 11) is 1.74. The van der Waals surface area contributed by atoms with Gasteiger partial charge in [-0.3, -0.25) is 9.69 Å². The number of likely N-dealkylation sites (tertiary alicyclic amines) is 1. The molecule has 1 heterocycles. The molecule has 1 aliphatic rings. The van der Waals surface area contributed by atoms with Gasteiger partial charge in [0.2, 0.25) is 5.91 Å². The number of nitrogens with zero attached hydrogens (tertiary/aromatic N) is 2. The number of hydrogen-bond donors (Lipinski definition) is 1. The summed E-state index contributed by atoms with van der Waals surface area (Å²) in [5.74, 6) is -1.73. The van der Waals surface area contributed by atoms with E-state index >= 15 is 0 Å². The normalized spacial score (nSPS) is 22.0. The molecule has 2 rings (SSSR count). The summed E-state index contributed by atoms with van der Waals surface area (Å²) in [4.78, 5) is 15.5. The quantitative estimate of drug-likeness (QED) is 0.904. The van der Waals surface area contributed by atoms with Gasteiger partial charge in [-0.25, -0.2) is 8.78 Å². The molecule has 0 radical (unpaired) electrons. The maximum atomic E-state index is 13.4. The first-order valence-corrected chi connectivity index (χ1v) is 7.53. The van der Waals surface area contributed by atoms with Gasteiger partial charge >= 0.3 is 0 Å². The zero-order valence-electron chi connectivity index (χ0n) is 12.9. The predicted octanol–water partition coefficient (Wildman–Crippen LogP) is 1.94. The molecule has 0 unspecified atom stereocenters. The van der Waals surface area contributed by atoms with Crippen LogP contribution < -0.4 is 0 Å². The highest BCUT2D eigenvalue weighted by atomic mass is 19.2. The van der Waals surface area contributed by atoms with Crippen molar-refractivity contribution in [1.82, 2.24) is 9.80 Å². The number of hydrogen-bond acceptors (Lipinski definition) is 3. The third-order valence-electron chi connectivity index (χ3n) is 4.22. The number of aliphatic hydroxyl groups excluding tert-OH is 1. The summed E-state index contributed by atoms with van der Waals surface area (Å²) in [5, 5.41) is 9.87. The van der Waals surface area contributed by atoms with E-state index in [0.29, 0.717) is 38.0 Å². The number of benzene rings is 1. The van der Waals surface area contributed by atoms with Crippen LogP contribution in [0.4, 0.5) is 8.78 Å². The molecule has 6 heteroatoms. The van der Waals surface area contributed by atoms with Gasteiger partial charge in [0.05, 0.1) is 6.10 Å². The Balaban J connectivity index is 2.06. The fourth-order valence-corrected chi connectivity index (χ4v) is 2.80. The molecular formula is C16H22F2N2O2. The molecule has 22 heavy (non-hydrogen) atoms. The fourth-order valence-electron chi connectivity index (χ4n) is 2.80. The summed E-state index contributed by atoms with van der Waals surface area (Å²) in [6, 6.07) is 3.62. The molecule has 122 valence electrons. The first-order valence-electron chi connectivity index (χ1n) is 7.53. The highest BCUT2D eigenvalue weighted by molar-refractivity contribution is 5.76. The van der Waals surface area contributed by atoms with E-state index in [0.717, 1.165) is 6.07 Å². The van der Waals surface area contributed by atoms with Crippen molar-refractivity contribution in [3.8, 4) is 0 Å². The van der Waals surface area contributed by atoms with E-state index in [-0.39, 0.29) is 11.9 Å². The molecule has 1 aromatic carbocycles. The third-order valence-corrected chi connectivity index (χ3v) is 4.22. The van der Waals surface area contributed by atoms with E-state index in [9.17, 15) is 18.7 Å². The van der Waals surface area contributed by atoms with Crippen LogP contribution in [0.25, 0.3) is 0 Å². The molecule has 0 saturated carbocycles. The van der Waals surface area contributed by atoms with Crippen molar-refractivity contribution in [3.63, 3.8) is 0 Å². The van der Waals surface area contributed by atoms with Gasteiger partial charge in [0, 0.05) is 39.1 Å². The summed E-state index contributed by atoms with van der Waals surface area (Å²) < 4.78 is 26.5. The van der Waals surface area contributed by atoms with Gasteiger partial charge in [0.15, 0.2) is 11.6 Å². The Morgan fingerprint density at radius 2 is 2.14 bits per heavy atom. The second-order valence-corrected chi connectivity index (χ2v) is 5.73. The van der Waals surface area contributed by atoms with Gasteiger partial charge in [-0.15, -0.1) is 0 Å². The van der Waals surface area contributed by atoms with E-state index in [1.807, 2.05) is 11.8 Å². The number of halogens is 2.